The molecule has 0 saturated carbocycles. The van der Waals surface area contributed by atoms with Crippen LogP contribution in [0.15, 0.2) is 53.3 Å². The molecule has 31 heavy (non-hydrogen) atoms. The first-order chi connectivity index (χ1) is 14.9. The fraction of sp³-hybridized carbons (Fsp3) is 0.360. The van der Waals surface area contributed by atoms with Crippen LogP contribution in [0.2, 0.25) is 0 Å². The topological polar surface area (TPSA) is 51.4 Å². The molecule has 0 fully saturated rings. The molecule has 0 spiro atoms. The summed E-state index contributed by atoms with van der Waals surface area (Å²) in [5.74, 6) is 0. The van der Waals surface area contributed by atoms with Crippen molar-refractivity contribution in [2.45, 2.75) is 34.2 Å². The van der Waals surface area contributed by atoms with Gasteiger partial charge in [-0.05, 0) is 68.3 Å². The van der Waals surface area contributed by atoms with Gasteiger partial charge in [0.15, 0.2) is 5.11 Å². The summed E-state index contributed by atoms with van der Waals surface area (Å²) in [6, 6.07) is 16.2. The van der Waals surface area contributed by atoms with Crippen molar-refractivity contribution in [1.82, 2.24) is 14.8 Å². The van der Waals surface area contributed by atoms with Crippen LogP contribution in [-0.2, 0) is 6.54 Å². The molecular formula is C25H32N4OS. The zero-order valence-electron chi connectivity index (χ0n) is 18.9. The Kier molecular flexibility index (Phi) is 7.82. The Hall–Kier alpha value is -2.70. The summed E-state index contributed by atoms with van der Waals surface area (Å²) in [4.78, 5) is 20.3. The number of aromatic amines is 1. The molecule has 0 aliphatic heterocycles. The van der Waals surface area contributed by atoms with E-state index >= 15 is 0 Å². The number of aromatic nitrogens is 1. The molecule has 0 saturated heterocycles. The molecule has 0 amide bonds. The van der Waals surface area contributed by atoms with Crippen molar-refractivity contribution >= 4 is 33.9 Å². The Bertz CT molecular complexity index is 1090. The van der Waals surface area contributed by atoms with Crippen LogP contribution < -0.4 is 10.9 Å². The number of pyridine rings is 1. The first-order valence-corrected chi connectivity index (χ1v) is 11.3. The lowest BCUT2D eigenvalue weighted by atomic mass is 10.1. The Labute approximate surface area is 190 Å². The molecule has 0 aliphatic rings. The van der Waals surface area contributed by atoms with Gasteiger partial charge in [-0.2, -0.15) is 0 Å². The molecule has 3 rings (SSSR count). The number of anilines is 1. The molecule has 0 bridgehead atoms. The summed E-state index contributed by atoms with van der Waals surface area (Å²) in [7, 11) is 0. The van der Waals surface area contributed by atoms with E-state index in [4.69, 9.17) is 12.2 Å². The van der Waals surface area contributed by atoms with E-state index in [-0.39, 0.29) is 5.56 Å². The first-order valence-electron chi connectivity index (χ1n) is 10.9. The lowest BCUT2D eigenvalue weighted by molar-refractivity contribution is 0.266. The van der Waals surface area contributed by atoms with Gasteiger partial charge in [0.2, 0.25) is 0 Å². The number of thiocarbonyl (C=S) groups is 1. The van der Waals surface area contributed by atoms with Crippen molar-refractivity contribution in [3.8, 4) is 0 Å². The van der Waals surface area contributed by atoms with Gasteiger partial charge in [-0.1, -0.05) is 49.7 Å². The SMILES string of the molecule is CCN(CC)CCN(Cc1cc2cccc(C)c2[nH]c1=O)C(=S)Nc1ccc(C)cc1. The predicted molar refractivity (Wildman–Crippen MR) is 135 cm³/mol. The van der Waals surface area contributed by atoms with E-state index in [1.807, 2.05) is 43.3 Å². The van der Waals surface area contributed by atoms with Crippen LogP contribution >= 0.6 is 12.2 Å². The average molecular weight is 437 g/mol. The molecule has 0 atom stereocenters. The highest BCUT2D eigenvalue weighted by Gasteiger charge is 2.15. The molecule has 5 nitrogen and oxygen atoms in total. The minimum absolute atomic E-state index is 0.0622. The number of H-pyrrole nitrogens is 1. The van der Waals surface area contributed by atoms with Gasteiger partial charge in [0.05, 0.1) is 12.1 Å². The number of nitrogens with zero attached hydrogens (tertiary/aromatic N) is 2. The number of rotatable bonds is 8. The van der Waals surface area contributed by atoms with Crippen LogP contribution in [0.1, 0.15) is 30.5 Å². The van der Waals surface area contributed by atoms with Gasteiger partial charge >= 0.3 is 0 Å². The molecule has 2 aromatic carbocycles. The molecule has 1 aromatic heterocycles. The Balaban J connectivity index is 1.85. The molecular weight excluding hydrogens is 404 g/mol. The Morgan fingerprint density at radius 3 is 2.42 bits per heavy atom. The number of hydrogen-bond donors (Lipinski definition) is 2. The lowest BCUT2D eigenvalue weighted by Gasteiger charge is -2.29. The van der Waals surface area contributed by atoms with E-state index in [2.05, 4.69) is 53.0 Å². The minimum atomic E-state index is -0.0622. The maximum Gasteiger partial charge on any atom is 0.253 e. The number of nitrogens with one attached hydrogen (secondary N) is 2. The average Bonchev–Trinajstić information content (AvgIpc) is 2.76. The molecule has 0 radical (unpaired) electrons. The Morgan fingerprint density at radius 2 is 1.74 bits per heavy atom. The maximum atomic E-state index is 12.8. The summed E-state index contributed by atoms with van der Waals surface area (Å²) in [5, 5.41) is 5.00. The largest absolute Gasteiger partial charge is 0.343 e. The zero-order chi connectivity index (χ0) is 22.4. The second kappa shape index (κ2) is 10.6. The second-order valence-electron chi connectivity index (χ2n) is 7.91. The predicted octanol–water partition coefficient (Wildman–Crippen LogP) is 4.69. The van der Waals surface area contributed by atoms with Crippen molar-refractivity contribution in [2.75, 3.05) is 31.5 Å². The quantitative estimate of drug-likeness (QED) is 0.502. The van der Waals surface area contributed by atoms with Crippen LogP contribution in [-0.4, -0.2) is 46.1 Å². The normalized spacial score (nSPS) is 11.1. The molecule has 0 aliphatic carbocycles. The molecule has 6 heteroatoms. The summed E-state index contributed by atoms with van der Waals surface area (Å²) >= 11 is 5.76. The fourth-order valence-electron chi connectivity index (χ4n) is 3.65. The van der Waals surface area contributed by atoms with Gasteiger partial charge in [0, 0.05) is 24.3 Å². The number of hydrogen-bond acceptors (Lipinski definition) is 3. The van der Waals surface area contributed by atoms with Crippen molar-refractivity contribution in [3.63, 3.8) is 0 Å². The lowest BCUT2D eigenvalue weighted by Crippen LogP contribution is -2.41. The van der Waals surface area contributed by atoms with Crippen molar-refractivity contribution in [2.24, 2.45) is 0 Å². The van der Waals surface area contributed by atoms with E-state index in [1.54, 1.807) is 0 Å². The smallest absolute Gasteiger partial charge is 0.253 e. The molecule has 1 heterocycles. The highest BCUT2D eigenvalue weighted by atomic mass is 32.1. The van der Waals surface area contributed by atoms with Gasteiger partial charge in [-0.25, -0.2) is 0 Å². The number of para-hydroxylation sites is 1. The first kappa shape index (κ1) is 23.0. The minimum Gasteiger partial charge on any atom is -0.343 e. The van der Waals surface area contributed by atoms with E-state index in [1.165, 1.54) is 5.56 Å². The van der Waals surface area contributed by atoms with Gasteiger partial charge in [-0.15, -0.1) is 0 Å². The molecule has 164 valence electrons. The standard InChI is InChI=1S/C25H32N4OS/c1-5-28(6-2)14-15-29(25(31)26-22-12-10-18(3)11-13-22)17-21-16-20-9-7-8-19(4)23(20)27-24(21)30/h7-13,16H,5-6,14-15,17H2,1-4H3,(H,26,31)(H,27,30). The van der Waals surface area contributed by atoms with E-state index in [0.717, 1.165) is 48.3 Å². The number of fused-ring (bicyclic) bond motifs is 1. The van der Waals surface area contributed by atoms with Gasteiger partial charge in [0.1, 0.15) is 0 Å². The van der Waals surface area contributed by atoms with Crippen molar-refractivity contribution in [1.29, 1.82) is 0 Å². The third-order valence-electron chi connectivity index (χ3n) is 5.70. The molecule has 3 aromatic rings. The van der Waals surface area contributed by atoms with Crippen molar-refractivity contribution in [3.05, 3.63) is 75.6 Å². The summed E-state index contributed by atoms with van der Waals surface area (Å²) < 4.78 is 0. The van der Waals surface area contributed by atoms with Crippen molar-refractivity contribution < 1.29 is 0 Å². The molecule has 2 N–H and O–H groups in total. The van der Waals surface area contributed by atoms with Crippen LogP contribution in [0.3, 0.4) is 0 Å². The number of benzene rings is 2. The van der Waals surface area contributed by atoms with Gasteiger partial charge in [0.25, 0.3) is 5.56 Å². The summed E-state index contributed by atoms with van der Waals surface area (Å²) in [5.41, 5.74) is 4.76. The second-order valence-corrected chi connectivity index (χ2v) is 8.29. The van der Waals surface area contributed by atoms with E-state index in [0.29, 0.717) is 17.2 Å². The summed E-state index contributed by atoms with van der Waals surface area (Å²) in [6.45, 7) is 12.4. The Morgan fingerprint density at radius 1 is 1.03 bits per heavy atom. The van der Waals surface area contributed by atoms with E-state index < -0.39 is 0 Å². The summed E-state index contributed by atoms with van der Waals surface area (Å²) in [6.07, 6.45) is 0. The fourth-order valence-corrected chi connectivity index (χ4v) is 3.92. The van der Waals surface area contributed by atoms with Crippen LogP contribution in [0.4, 0.5) is 5.69 Å². The maximum absolute atomic E-state index is 12.8. The molecule has 0 unspecified atom stereocenters. The monoisotopic (exact) mass is 436 g/mol. The van der Waals surface area contributed by atoms with Crippen LogP contribution in [0.25, 0.3) is 10.9 Å². The van der Waals surface area contributed by atoms with Crippen LogP contribution in [0.5, 0.6) is 0 Å². The van der Waals surface area contributed by atoms with Crippen LogP contribution in [0, 0.1) is 13.8 Å². The highest BCUT2D eigenvalue weighted by molar-refractivity contribution is 7.80. The zero-order valence-corrected chi connectivity index (χ0v) is 19.7. The van der Waals surface area contributed by atoms with Gasteiger partial charge < -0.3 is 20.1 Å². The highest BCUT2D eigenvalue weighted by Crippen LogP contribution is 2.16. The van der Waals surface area contributed by atoms with E-state index in [9.17, 15) is 4.79 Å². The third kappa shape index (κ3) is 5.93. The third-order valence-corrected chi connectivity index (χ3v) is 6.06. The number of aryl methyl sites for hydroxylation is 2. The van der Waals surface area contributed by atoms with Gasteiger partial charge in [-0.3, -0.25) is 4.79 Å². The number of likely N-dealkylation sites (N-methyl/N-ethyl adjacent to an activating group) is 1.